The number of halogens is 4. The Morgan fingerprint density at radius 1 is 1.26 bits per heavy atom. The van der Waals surface area contributed by atoms with E-state index in [2.05, 4.69) is 27.7 Å². The topological polar surface area (TPSA) is 43.8 Å². The first-order valence-electron chi connectivity index (χ1n) is 5.16. The van der Waals surface area contributed by atoms with Gasteiger partial charge in [0.1, 0.15) is 5.82 Å². The molecule has 1 aromatic heterocycles. The summed E-state index contributed by atoms with van der Waals surface area (Å²) >= 11 is 1.95. The van der Waals surface area contributed by atoms with Gasteiger partial charge in [0.25, 0.3) is 0 Å². The Balaban J connectivity index is 2.09. The molecule has 2 N–H and O–H groups in total. The molecule has 1 aromatic carbocycles. The summed E-state index contributed by atoms with van der Waals surface area (Å²) < 4.78 is 39.0. The minimum absolute atomic E-state index is 0.125. The first-order chi connectivity index (χ1) is 8.85. The third-order valence-electron chi connectivity index (χ3n) is 2.32. The molecule has 19 heavy (non-hydrogen) atoms. The summed E-state index contributed by atoms with van der Waals surface area (Å²) in [5, 5.41) is 4.09. The Labute approximate surface area is 125 Å². The van der Waals surface area contributed by atoms with Crippen LogP contribution in [0.15, 0.2) is 35.4 Å². The van der Waals surface area contributed by atoms with Gasteiger partial charge >= 0.3 is 5.51 Å². The van der Waals surface area contributed by atoms with E-state index in [0.717, 1.165) is 9.13 Å². The quantitative estimate of drug-likeness (QED) is 0.632. The van der Waals surface area contributed by atoms with E-state index in [1.54, 1.807) is 23.0 Å². The third kappa shape index (κ3) is 4.03. The van der Waals surface area contributed by atoms with Gasteiger partial charge in [0.15, 0.2) is 0 Å². The van der Waals surface area contributed by atoms with Gasteiger partial charge in [0.2, 0.25) is 0 Å². The Morgan fingerprint density at radius 3 is 2.37 bits per heavy atom. The molecule has 0 unspecified atom stereocenters. The summed E-state index contributed by atoms with van der Waals surface area (Å²) in [6.45, 7) is 0.436. The molecule has 2 aromatic rings. The Bertz CT molecular complexity index is 566. The molecule has 0 atom stereocenters. The minimum atomic E-state index is -4.26. The number of hydrogen-bond acceptors (Lipinski definition) is 3. The van der Waals surface area contributed by atoms with Gasteiger partial charge in [-0.25, -0.2) is 4.68 Å². The van der Waals surface area contributed by atoms with Crippen molar-refractivity contribution in [2.75, 3.05) is 5.73 Å². The zero-order valence-electron chi connectivity index (χ0n) is 9.49. The van der Waals surface area contributed by atoms with Crippen LogP contribution < -0.4 is 5.73 Å². The van der Waals surface area contributed by atoms with Crippen LogP contribution in [0.25, 0.3) is 0 Å². The average Bonchev–Trinajstić information content (AvgIpc) is 2.62. The summed E-state index contributed by atoms with van der Waals surface area (Å²) in [6.07, 6.45) is 1.64. The summed E-state index contributed by atoms with van der Waals surface area (Å²) in [5.74, 6) is 0.550. The summed E-state index contributed by atoms with van der Waals surface area (Å²) in [6, 6.07) is 6.17. The minimum Gasteiger partial charge on any atom is -0.383 e. The summed E-state index contributed by atoms with van der Waals surface area (Å²) in [7, 11) is 0. The highest BCUT2D eigenvalue weighted by atomic mass is 127. The molecule has 0 spiro atoms. The number of alkyl halides is 3. The van der Waals surface area contributed by atoms with Gasteiger partial charge in [-0.1, -0.05) is 12.1 Å². The van der Waals surface area contributed by atoms with E-state index in [1.807, 2.05) is 0 Å². The molecular weight excluding hydrogens is 390 g/mol. The molecule has 0 fully saturated rings. The average molecular weight is 399 g/mol. The molecule has 0 aliphatic heterocycles. The maximum atomic E-state index is 12.2. The second-order valence-corrected chi connectivity index (χ2v) is 6.03. The Hall–Kier alpha value is -0.900. The second kappa shape index (κ2) is 5.61. The molecule has 0 aliphatic rings. The number of thioether (sulfide) groups is 1. The van der Waals surface area contributed by atoms with Crippen LogP contribution in [0.2, 0.25) is 0 Å². The molecule has 0 saturated heterocycles. The van der Waals surface area contributed by atoms with Crippen molar-refractivity contribution in [2.24, 2.45) is 0 Å². The third-order valence-corrected chi connectivity index (χ3v) is 3.89. The first kappa shape index (κ1) is 14.5. The number of benzene rings is 1. The lowest BCUT2D eigenvalue weighted by molar-refractivity contribution is -0.0328. The molecule has 2 rings (SSSR count). The smallest absolute Gasteiger partial charge is 0.383 e. The van der Waals surface area contributed by atoms with Crippen LogP contribution in [0.5, 0.6) is 0 Å². The predicted octanol–water partition coefficient (Wildman–Crippen LogP) is 3.73. The van der Waals surface area contributed by atoms with Gasteiger partial charge in [-0.2, -0.15) is 18.3 Å². The molecule has 0 aliphatic carbocycles. The number of aromatic nitrogens is 2. The maximum Gasteiger partial charge on any atom is 0.446 e. The van der Waals surface area contributed by atoms with Crippen LogP contribution in [0.3, 0.4) is 0 Å². The number of nitrogens with zero attached hydrogens (tertiary/aromatic N) is 2. The van der Waals surface area contributed by atoms with E-state index in [0.29, 0.717) is 12.4 Å². The Kier molecular flexibility index (Phi) is 4.29. The van der Waals surface area contributed by atoms with Gasteiger partial charge in [0, 0.05) is 4.90 Å². The second-order valence-electron chi connectivity index (χ2n) is 3.73. The molecular formula is C11H9F3IN3S. The van der Waals surface area contributed by atoms with Crippen molar-refractivity contribution in [3.05, 3.63) is 39.6 Å². The van der Waals surface area contributed by atoms with Gasteiger partial charge in [-0.3, -0.25) is 0 Å². The van der Waals surface area contributed by atoms with Crippen LogP contribution in [0.4, 0.5) is 19.0 Å². The molecule has 0 bridgehead atoms. The zero-order valence-corrected chi connectivity index (χ0v) is 12.5. The highest BCUT2D eigenvalue weighted by Crippen LogP contribution is 2.36. The Morgan fingerprint density at radius 2 is 1.89 bits per heavy atom. The van der Waals surface area contributed by atoms with E-state index in [9.17, 15) is 13.2 Å². The van der Waals surface area contributed by atoms with Gasteiger partial charge in [0.05, 0.1) is 16.3 Å². The molecule has 0 saturated carbocycles. The lowest BCUT2D eigenvalue weighted by Crippen LogP contribution is -2.06. The fraction of sp³-hybridized carbons (Fsp3) is 0.182. The molecule has 0 radical (unpaired) electrons. The lowest BCUT2D eigenvalue weighted by Gasteiger charge is -2.07. The number of rotatable bonds is 3. The van der Waals surface area contributed by atoms with Crippen molar-refractivity contribution >= 4 is 40.2 Å². The van der Waals surface area contributed by atoms with Crippen LogP contribution in [-0.4, -0.2) is 15.3 Å². The zero-order chi connectivity index (χ0) is 14.0. The first-order valence-corrected chi connectivity index (χ1v) is 7.06. The number of nitrogens with two attached hydrogens (primary N) is 1. The highest BCUT2D eigenvalue weighted by Gasteiger charge is 2.28. The van der Waals surface area contributed by atoms with Crippen molar-refractivity contribution in [1.29, 1.82) is 0 Å². The predicted molar refractivity (Wildman–Crippen MR) is 76.8 cm³/mol. The fourth-order valence-electron chi connectivity index (χ4n) is 1.47. The standard InChI is InChI=1S/C11H9F3IN3S/c12-11(13,14)19-8-3-1-7(2-4-8)6-18-10(16)9(15)5-17-18/h1-5H,6,16H2. The molecule has 8 heteroatoms. The van der Waals surface area contributed by atoms with E-state index in [1.165, 1.54) is 12.1 Å². The maximum absolute atomic E-state index is 12.2. The number of nitrogen functional groups attached to an aromatic ring is 1. The largest absolute Gasteiger partial charge is 0.446 e. The summed E-state index contributed by atoms with van der Waals surface area (Å²) in [4.78, 5) is 0.166. The lowest BCUT2D eigenvalue weighted by atomic mass is 10.2. The van der Waals surface area contributed by atoms with Gasteiger partial charge < -0.3 is 5.73 Å². The van der Waals surface area contributed by atoms with Crippen LogP contribution in [0, 0.1) is 3.57 Å². The molecule has 0 amide bonds. The molecule has 3 nitrogen and oxygen atoms in total. The van der Waals surface area contributed by atoms with Crippen molar-refractivity contribution in [3.63, 3.8) is 0 Å². The molecule has 1 heterocycles. The van der Waals surface area contributed by atoms with Crippen LogP contribution >= 0.6 is 34.4 Å². The monoisotopic (exact) mass is 399 g/mol. The summed E-state index contributed by atoms with van der Waals surface area (Å²) in [5.41, 5.74) is 2.39. The molecule has 102 valence electrons. The van der Waals surface area contributed by atoms with Crippen molar-refractivity contribution in [1.82, 2.24) is 9.78 Å². The van der Waals surface area contributed by atoms with E-state index in [-0.39, 0.29) is 16.7 Å². The van der Waals surface area contributed by atoms with E-state index >= 15 is 0 Å². The van der Waals surface area contributed by atoms with Crippen molar-refractivity contribution in [2.45, 2.75) is 16.9 Å². The number of anilines is 1. The van der Waals surface area contributed by atoms with Crippen LogP contribution in [-0.2, 0) is 6.54 Å². The highest BCUT2D eigenvalue weighted by molar-refractivity contribution is 14.1. The SMILES string of the molecule is Nc1c(I)cnn1Cc1ccc(SC(F)(F)F)cc1. The van der Waals surface area contributed by atoms with Crippen molar-refractivity contribution in [3.8, 4) is 0 Å². The van der Waals surface area contributed by atoms with Gasteiger partial charge in [-0.05, 0) is 52.0 Å². The van der Waals surface area contributed by atoms with E-state index < -0.39 is 5.51 Å². The normalized spacial score (nSPS) is 11.8. The van der Waals surface area contributed by atoms with E-state index in [4.69, 9.17) is 5.73 Å². The number of hydrogen-bond donors (Lipinski definition) is 1. The van der Waals surface area contributed by atoms with Crippen molar-refractivity contribution < 1.29 is 13.2 Å². The fourth-order valence-corrected chi connectivity index (χ4v) is 2.41. The van der Waals surface area contributed by atoms with Crippen LogP contribution in [0.1, 0.15) is 5.56 Å². The van der Waals surface area contributed by atoms with Gasteiger partial charge in [-0.15, -0.1) is 0 Å².